The van der Waals surface area contributed by atoms with Crippen molar-refractivity contribution < 1.29 is 9.47 Å². The van der Waals surface area contributed by atoms with E-state index in [0.717, 1.165) is 46.6 Å². The van der Waals surface area contributed by atoms with E-state index in [9.17, 15) is 0 Å². The molecule has 4 heteroatoms. The third-order valence-corrected chi connectivity index (χ3v) is 3.36. The molecule has 2 heterocycles. The van der Waals surface area contributed by atoms with Gasteiger partial charge in [0.1, 0.15) is 0 Å². The number of rotatable bonds is 2. The summed E-state index contributed by atoms with van der Waals surface area (Å²) in [6.07, 6.45) is 1.83. The molecule has 0 spiro atoms. The normalized spacial score (nSPS) is 14.2. The van der Waals surface area contributed by atoms with Crippen LogP contribution in [0.1, 0.15) is 19.0 Å². The number of pyridine rings is 1. The molecule has 2 aromatic rings. The van der Waals surface area contributed by atoms with E-state index in [-0.39, 0.29) is 0 Å². The average Bonchev–Trinajstić information content (AvgIpc) is 2.68. The van der Waals surface area contributed by atoms with Crippen molar-refractivity contribution in [3.8, 4) is 11.5 Å². The number of hydrogen-bond acceptors (Lipinski definition) is 4. The fourth-order valence-corrected chi connectivity index (χ4v) is 2.33. The first kappa shape index (κ1) is 12.1. The van der Waals surface area contributed by atoms with Crippen molar-refractivity contribution in [3.05, 3.63) is 23.9 Å². The van der Waals surface area contributed by atoms with E-state index < -0.39 is 0 Å². The van der Waals surface area contributed by atoms with Crippen molar-refractivity contribution in [2.24, 2.45) is 0 Å². The maximum atomic E-state index is 5.73. The third kappa shape index (κ3) is 2.18. The van der Waals surface area contributed by atoms with Gasteiger partial charge in [-0.2, -0.15) is 0 Å². The lowest BCUT2D eigenvalue weighted by Crippen LogP contribution is -1.97. The molecule has 1 aromatic carbocycles. The Morgan fingerprint density at radius 3 is 2.58 bits per heavy atom. The van der Waals surface area contributed by atoms with E-state index in [0.29, 0.717) is 13.2 Å². The van der Waals surface area contributed by atoms with Crippen LogP contribution in [0.2, 0.25) is 0 Å². The number of aryl methyl sites for hydroxylation is 1. The Morgan fingerprint density at radius 2 is 1.89 bits per heavy atom. The predicted molar refractivity (Wildman–Crippen MR) is 76.3 cm³/mol. The molecule has 0 amide bonds. The highest BCUT2D eigenvalue weighted by atomic mass is 16.5. The molecule has 1 aliphatic rings. The van der Waals surface area contributed by atoms with Gasteiger partial charge in [-0.25, -0.2) is 0 Å². The minimum absolute atomic E-state index is 0.699. The molecule has 3 rings (SSSR count). The topological polar surface area (TPSA) is 43.4 Å². The Bertz CT molecular complexity index is 611. The SMILES string of the molecule is CCc1cc(NC)c2cc3c(cc2n1)OCCCO3. The van der Waals surface area contributed by atoms with Gasteiger partial charge in [0, 0.05) is 36.3 Å². The van der Waals surface area contributed by atoms with E-state index in [2.05, 4.69) is 23.3 Å². The molecule has 19 heavy (non-hydrogen) atoms. The second-order valence-electron chi connectivity index (χ2n) is 4.63. The van der Waals surface area contributed by atoms with Crippen LogP contribution in [0.25, 0.3) is 10.9 Å². The lowest BCUT2D eigenvalue weighted by atomic mass is 10.1. The van der Waals surface area contributed by atoms with E-state index in [1.807, 2.05) is 19.2 Å². The fourth-order valence-electron chi connectivity index (χ4n) is 2.33. The summed E-state index contributed by atoms with van der Waals surface area (Å²) in [6, 6.07) is 6.09. The largest absolute Gasteiger partial charge is 0.490 e. The van der Waals surface area contributed by atoms with Crippen LogP contribution in [0.15, 0.2) is 18.2 Å². The molecular formula is C15H18N2O2. The predicted octanol–water partition coefficient (Wildman–Crippen LogP) is 3.00. The van der Waals surface area contributed by atoms with Gasteiger partial charge in [0.05, 0.1) is 18.7 Å². The maximum Gasteiger partial charge on any atom is 0.163 e. The van der Waals surface area contributed by atoms with Crippen molar-refractivity contribution in [2.45, 2.75) is 19.8 Å². The first-order chi connectivity index (χ1) is 9.31. The van der Waals surface area contributed by atoms with E-state index in [4.69, 9.17) is 9.47 Å². The first-order valence-corrected chi connectivity index (χ1v) is 6.73. The van der Waals surface area contributed by atoms with Crippen LogP contribution in [0.3, 0.4) is 0 Å². The number of nitrogens with one attached hydrogen (secondary N) is 1. The summed E-state index contributed by atoms with van der Waals surface area (Å²) in [5.74, 6) is 1.61. The molecule has 100 valence electrons. The van der Waals surface area contributed by atoms with E-state index in [1.54, 1.807) is 0 Å². The monoisotopic (exact) mass is 258 g/mol. The molecule has 0 unspecified atom stereocenters. The highest BCUT2D eigenvalue weighted by Crippen LogP contribution is 2.36. The molecule has 0 radical (unpaired) electrons. The minimum atomic E-state index is 0.699. The molecule has 0 saturated carbocycles. The molecule has 0 bridgehead atoms. The third-order valence-electron chi connectivity index (χ3n) is 3.36. The molecule has 4 nitrogen and oxygen atoms in total. The smallest absolute Gasteiger partial charge is 0.163 e. The van der Waals surface area contributed by atoms with Crippen LogP contribution in [0, 0.1) is 0 Å². The second-order valence-corrected chi connectivity index (χ2v) is 4.63. The second kappa shape index (κ2) is 4.96. The summed E-state index contributed by atoms with van der Waals surface area (Å²) in [5, 5.41) is 4.30. The van der Waals surface area contributed by atoms with Crippen molar-refractivity contribution in [1.82, 2.24) is 4.98 Å². The summed E-state index contributed by atoms with van der Waals surface area (Å²) in [4.78, 5) is 4.67. The Balaban J connectivity index is 2.22. The minimum Gasteiger partial charge on any atom is -0.490 e. The summed E-state index contributed by atoms with van der Waals surface area (Å²) >= 11 is 0. The lowest BCUT2D eigenvalue weighted by Gasteiger charge is -2.12. The summed E-state index contributed by atoms with van der Waals surface area (Å²) in [5.41, 5.74) is 3.11. The summed E-state index contributed by atoms with van der Waals surface area (Å²) in [6.45, 7) is 3.51. The van der Waals surface area contributed by atoms with Gasteiger partial charge in [-0.05, 0) is 18.6 Å². The average molecular weight is 258 g/mol. The van der Waals surface area contributed by atoms with E-state index in [1.165, 1.54) is 0 Å². The number of aromatic nitrogens is 1. The molecule has 1 N–H and O–H groups in total. The number of ether oxygens (including phenoxy) is 2. The van der Waals surface area contributed by atoms with Crippen molar-refractivity contribution in [2.75, 3.05) is 25.6 Å². The van der Waals surface area contributed by atoms with Gasteiger partial charge >= 0.3 is 0 Å². The first-order valence-electron chi connectivity index (χ1n) is 6.73. The zero-order chi connectivity index (χ0) is 13.2. The highest BCUT2D eigenvalue weighted by molar-refractivity contribution is 5.93. The van der Waals surface area contributed by atoms with Crippen LogP contribution in [0.5, 0.6) is 11.5 Å². The van der Waals surface area contributed by atoms with Gasteiger partial charge in [-0.3, -0.25) is 4.98 Å². The molecule has 1 aromatic heterocycles. The Labute approximate surface area is 112 Å². The molecule has 0 saturated heterocycles. The lowest BCUT2D eigenvalue weighted by molar-refractivity contribution is 0.297. The van der Waals surface area contributed by atoms with Crippen LogP contribution in [0.4, 0.5) is 5.69 Å². The molecular weight excluding hydrogens is 240 g/mol. The van der Waals surface area contributed by atoms with E-state index >= 15 is 0 Å². The van der Waals surface area contributed by atoms with Gasteiger partial charge < -0.3 is 14.8 Å². The Kier molecular flexibility index (Phi) is 3.15. The summed E-state index contributed by atoms with van der Waals surface area (Å²) < 4.78 is 11.5. The molecule has 1 aliphatic heterocycles. The zero-order valence-corrected chi connectivity index (χ0v) is 11.3. The number of hydrogen-bond donors (Lipinski definition) is 1. The van der Waals surface area contributed by atoms with Crippen LogP contribution >= 0.6 is 0 Å². The zero-order valence-electron chi connectivity index (χ0n) is 11.3. The quantitative estimate of drug-likeness (QED) is 0.899. The van der Waals surface area contributed by atoms with Crippen LogP contribution in [-0.4, -0.2) is 25.2 Å². The number of anilines is 1. The van der Waals surface area contributed by atoms with Crippen molar-refractivity contribution in [3.63, 3.8) is 0 Å². The fraction of sp³-hybridized carbons (Fsp3) is 0.400. The Hall–Kier alpha value is -1.97. The van der Waals surface area contributed by atoms with Crippen molar-refractivity contribution in [1.29, 1.82) is 0 Å². The van der Waals surface area contributed by atoms with Gasteiger partial charge in [0.15, 0.2) is 11.5 Å². The number of fused-ring (bicyclic) bond motifs is 2. The Morgan fingerprint density at radius 1 is 1.16 bits per heavy atom. The molecule has 0 aliphatic carbocycles. The number of nitrogens with zero attached hydrogens (tertiary/aromatic N) is 1. The van der Waals surface area contributed by atoms with Gasteiger partial charge in [-0.15, -0.1) is 0 Å². The number of benzene rings is 1. The summed E-state index contributed by atoms with van der Waals surface area (Å²) in [7, 11) is 1.93. The van der Waals surface area contributed by atoms with Crippen molar-refractivity contribution >= 4 is 16.6 Å². The molecule has 0 fully saturated rings. The molecule has 0 atom stereocenters. The van der Waals surface area contributed by atoms with Crippen LogP contribution in [-0.2, 0) is 6.42 Å². The standard InChI is InChI=1S/C15H18N2O2/c1-3-10-7-12(16-2)11-8-14-15(9-13(11)17-10)19-6-4-5-18-14/h7-9H,3-6H2,1-2H3,(H,16,17). The van der Waals surface area contributed by atoms with Gasteiger partial charge in [0.25, 0.3) is 0 Å². The van der Waals surface area contributed by atoms with Gasteiger partial charge in [-0.1, -0.05) is 6.92 Å². The maximum absolute atomic E-state index is 5.73. The van der Waals surface area contributed by atoms with Gasteiger partial charge in [0.2, 0.25) is 0 Å². The van der Waals surface area contributed by atoms with Crippen LogP contribution < -0.4 is 14.8 Å². The highest BCUT2D eigenvalue weighted by Gasteiger charge is 2.14.